The molecule has 6 nitrogen and oxygen atoms in total. The van der Waals surface area contributed by atoms with Crippen LogP contribution in [0, 0.1) is 24.2 Å². The van der Waals surface area contributed by atoms with Gasteiger partial charge in [-0.3, -0.25) is 9.36 Å². The van der Waals surface area contributed by atoms with E-state index < -0.39 is 5.91 Å². The van der Waals surface area contributed by atoms with E-state index in [1.54, 1.807) is 36.0 Å². The Balaban J connectivity index is 1.91. The Morgan fingerprint density at radius 2 is 1.96 bits per heavy atom. The molecule has 1 amide bonds. The van der Waals surface area contributed by atoms with Crippen molar-refractivity contribution in [3.63, 3.8) is 0 Å². The number of carbonyl (C=O) groups excluding carboxylic acids is 1. The van der Waals surface area contributed by atoms with E-state index in [4.69, 9.17) is 9.15 Å². The van der Waals surface area contributed by atoms with Crippen molar-refractivity contribution >= 4 is 11.6 Å². The second-order valence-electron chi connectivity index (χ2n) is 6.57. The van der Waals surface area contributed by atoms with Crippen LogP contribution < -0.4 is 10.1 Å². The number of rotatable bonds is 6. The predicted molar refractivity (Wildman–Crippen MR) is 102 cm³/mol. The van der Waals surface area contributed by atoms with Crippen molar-refractivity contribution in [3.05, 3.63) is 65.7 Å². The fourth-order valence-electron chi connectivity index (χ4n) is 2.70. The molecule has 0 unspecified atom stereocenters. The van der Waals surface area contributed by atoms with Gasteiger partial charge in [0, 0.05) is 12.4 Å². The molecule has 1 N–H and O–H groups in total. The Bertz CT molecular complexity index is 979. The minimum atomic E-state index is -0.410. The number of nitriles is 1. The third kappa shape index (κ3) is 3.87. The lowest BCUT2D eigenvalue weighted by Crippen LogP contribution is -2.15. The summed E-state index contributed by atoms with van der Waals surface area (Å²) in [6.45, 7) is 6.32. The number of hydrogen-bond acceptors (Lipinski definition) is 4. The van der Waals surface area contributed by atoms with Crippen LogP contribution in [-0.4, -0.2) is 17.1 Å². The molecule has 2 aromatic heterocycles. The quantitative estimate of drug-likeness (QED) is 0.697. The molecule has 0 fully saturated rings. The normalized spacial score (nSPS) is 10.6. The number of para-hydroxylation sites is 2. The standard InChI is InChI=1S/C21H21N3O3/c1-14(2)13-26-18-9-5-4-8-17(18)23-20(25)19-15(3)27-21(16(19)12-22)24-10-6-7-11-24/h4-11,14H,13H2,1-3H3,(H,23,25). The van der Waals surface area contributed by atoms with E-state index in [0.29, 0.717) is 35.6 Å². The van der Waals surface area contributed by atoms with Gasteiger partial charge in [0.15, 0.2) is 0 Å². The summed E-state index contributed by atoms with van der Waals surface area (Å²) in [5.74, 6) is 1.25. The van der Waals surface area contributed by atoms with Crippen LogP contribution in [0.2, 0.25) is 0 Å². The summed E-state index contributed by atoms with van der Waals surface area (Å²) in [5, 5.41) is 12.4. The average molecular weight is 363 g/mol. The lowest BCUT2D eigenvalue weighted by molar-refractivity contribution is 0.102. The molecule has 138 valence electrons. The van der Waals surface area contributed by atoms with Gasteiger partial charge in [0.25, 0.3) is 5.91 Å². The van der Waals surface area contributed by atoms with Gasteiger partial charge in [-0.25, -0.2) is 0 Å². The zero-order valence-electron chi connectivity index (χ0n) is 15.5. The van der Waals surface area contributed by atoms with Gasteiger partial charge < -0.3 is 14.5 Å². The maximum atomic E-state index is 12.9. The number of amides is 1. The summed E-state index contributed by atoms with van der Waals surface area (Å²) < 4.78 is 13.1. The van der Waals surface area contributed by atoms with E-state index in [1.807, 2.05) is 24.3 Å². The first-order chi connectivity index (χ1) is 13.0. The number of furan rings is 1. The monoisotopic (exact) mass is 363 g/mol. The van der Waals surface area contributed by atoms with E-state index in [2.05, 4.69) is 25.2 Å². The van der Waals surface area contributed by atoms with E-state index in [1.165, 1.54) is 0 Å². The highest BCUT2D eigenvalue weighted by Crippen LogP contribution is 2.29. The van der Waals surface area contributed by atoms with Crippen molar-refractivity contribution in [1.29, 1.82) is 5.26 Å². The van der Waals surface area contributed by atoms with Gasteiger partial charge in [0.1, 0.15) is 28.7 Å². The molecular weight excluding hydrogens is 342 g/mol. The highest BCUT2D eigenvalue weighted by atomic mass is 16.5. The number of anilines is 1. The number of nitrogens with one attached hydrogen (secondary N) is 1. The lowest BCUT2D eigenvalue weighted by atomic mass is 10.1. The van der Waals surface area contributed by atoms with Crippen LogP contribution in [0.3, 0.4) is 0 Å². The molecule has 0 bridgehead atoms. The van der Waals surface area contributed by atoms with Gasteiger partial charge in [0.05, 0.1) is 12.3 Å². The molecule has 0 aliphatic heterocycles. The van der Waals surface area contributed by atoms with Crippen LogP contribution in [-0.2, 0) is 0 Å². The lowest BCUT2D eigenvalue weighted by Gasteiger charge is -2.13. The minimum Gasteiger partial charge on any atom is -0.491 e. The topological polar surface area (TPSA) is 80.2 Å². The van der Waals surface area contributed by atoms with Crippen LogP contribution >= 0.6 is 0 Å². The molecule has 0 saturated heterocycles. The van der Waals surface area contributed by atoms with E-state index in [0.717, 1.165) is 0 Å². The number of ether oxygens (including phenoxy) is 1. The zero-order chi connectivity index (χ0) is 19.4. The Morgan fingerprint density at radius 1 is 1.26 bits per heavy atom. The average Bonchev–Trinajstić information content (AvgIpc) is 3.28. The van der Waals surface area contributed by atoms with Crippen molar-refractivity contribution in [2.45, 2.75) is 20.8 Å². The third-order valence-electron chi connectivity index (χ3n) is 3.95. The third-order valence-corrected chi connectivity index (χ3v) is 3.95. The number of aromatic nitrogens is 1. The van der Waals surface area contributed by atoms with Crippen LogP contribution in [0.4, 0.5) is 5.69 Å². The number of hydrogen-bond donors (Lipinski definition) is 1. The molecule has 27 heavy (non-hydrogen) atoms. The first kappa shape index (κ1) is 18.3. The van der Waals surface area contributed by atoms with Gasteiger partial charge in [-0.2, -0.15) is 5.26 Å². The van der Waals surface area contributed by atoms with E-state index in [-0.39, 0.29) is 11.1 Å². The fourth-order valence-corrected chi connectivity index (χ4v) is 2.70. The number of benzene rings is 1. The first-order valence-corrected chi connectivity index (χ1v) is 8.71. The fraction of sp³-hybridized carbons (Fsp3) is 0.238. The Kier molecular flexibility index (Phi) is 5.32. The highest BCUT2D eigenvalue weighted by Gasteiger charge is 2.25. The van der Waals surface area contributed by atoms with E-state index in [9.17, 15) is 10.1 Å². The van der Waals surface area contributed by atoms with Crippen LogP contribution in [0.5, 0.6) is 5.75 Å². The summed E-state index contributed by atoms with van der Waals surface area (Å²) in [5.41, 5.74) is 0.969. The van der Waals surface area contributed by atoms with Crippen molar-refractivity contribution in [1.82, 2.24) is 4.57 Å². The van der Waals surface area contributed by atoms with Crippen molar-refractivity contribution in [3.8, 4) is 17.7 Å². The molecule has 2 heterocycles. The van der Waals surface area contributed by atoms with Gasteiger partial charge in [-0.05, 0) is 37.1 Å². The van der Waals surface area contributed by atoms with Crippen LogP contribution in [0.1, 0.15) is 35.5 Å². The van der Waals surface area contributed by atoms with Gasteiger partial charge in [0.2, 0.25) is 5.88 Å². The SMILES string of the molecule is Cc1oc(-n2cccc2)c(C#N)c1C(=O)Nc1ccccc1OCC(C)C. The maximum Gasteiger partial charge on any atom is 0.260 e. The molecule has 3 aromatic rings. The van der Waals surface area contributed by atoms with Crippen molar-refractivity contribution in [2.75, 3.05) is 11.9 Å². The van der Waals surface area contributed by atoms with Crippen LogP contribution in [0.25, 0.3) is 5.88 Å². The Hall–Kier alpha value is -3.46. The van der Waals surface area contributed by atoms with Crippen LogP contribution in [0.15, 0.2) is 53.2 Å². The molecule has 0 atom stereocenters. The van der Waals surface area contributed by atoms with E-state index >= 15 is 0 Å². The second kappa shape index (κ2) is 7.83. The first-order valence-electron chi connectivity index (χ1n) is 8.71. The van der Waals surface area contributed by atoms with Gasteiger partial charge >= 0.3 is 0 Å². The molecule has 0 spiro atoms. The molecule has 0 aliphatic carbocycles. The minimum absolute atomic E-state index is 0.196. The summed E-state index contributed by atoms with van der Waals surface area (Å²) in [4.78, 5) is 12.9. The summed E-state index contributed by atoms with van der Waals surface area (Å²) in [6.07, 6.45) is 3.52. The molecule has 6 heteroatoms. The molecule has 0 radical (unpaired) electrons. The summed E-state index contributed by atoms with van der Waals surface area (Å²) in [6, 6.07) is 13.0. The predicted octanol–water partition coefficient (Wildman–Crippen LogP) is 4.54. The Morgan fingerprint density at radius 3 is 2.63 bits per heavy atom. The smallest absolute Gasteiger partial charge is 0.260 e. The number of nitrogens with zero attached hydrogens (tertiary/aromatic N) is 2. The molecule has 3 rings (SSSR count). The van der Waals surface area contributed by atoms with Gasteiger partial charge in [-0.15, -0.1) is 0 Å². The Labute approximate surface area is 158 Å². The molecule has 1 aromatic carbocycles. The maximum absolute atomic E-state index is 12.9. The largest absolute Gasteiger partial charge is 0.491 e. The van der Waals surface area contributed by atoms with Crippen molar-refractivity contribution in [2.24, 2.45) is 5.92 Å². The zero-order valence-corrected chi connectivity index (χ0v) is 15.5. The molecule has 0 saturated carbocycles. The molecule has 0 aliphatic rings. The second-order valence-corrected chi connectivity index (χ2v) is 6.57. The highest BCUT2D eigenvalue weighted by molar-refractivity contribution is 6.07. The summed E-state index contributed by atoms with van der Waals surface area (Å²) >= 11 is 0. The number of carbonyl (C=O) groups is 1. The summed E-state index contributed by atoms with van der Waals surface area (Å²) in [7, 11) is 0. The number of aryl methyl sites for hydroxylation is 1. The molecular formula is C21H21N3O3. The van der Waals surface area contributed by atoms with Crippen molar-refractivity contribution < 1.29 is 13.9 Å². The van der Waals surface area contributed by atoms with Gasteiger partial charge in [-0.1, -0.05) is 26.0 Å².